The second-order valence-corrected chi connectivity index (χ2v) is 7.00. The molecule has 0 spiro atoms. The van der Waals surface area contributed by atoms with Gasteiger partial charge in [0.25, 0.3) is 0 Å². The average Bonchev–Trinajstić information content (AvgIpc) is 3.28. The van der Waals surface area contributed by atoms with E-state index in [0.717, 1.165) is 22.6 Å². The van der Waals surface area contributed by atoms with Crippen molar-refractivity contribution in [2.75, 3.05) is 22.7 Å². The van der Waals surface area contributed by atoms with Crippen LogP contribution in [0.15, 0.2) is 85.2 Å². The molecular formula is C24H19N5O3. The molecule has 2 amide bonds. The summed E-state index contributed by atoms with van der Waals surface area (Å²) in [6.07, 6.45) is 3.39. The number of carbonyl (C=O) groups is 1. The van der Waals surface area contributed by atoms with E-state index in [2.05, 4.69) is 25.9 Å². The van der Waals surface area contributed by atoms with Crippen LogP contribution in [-0.4, -0.2) is 22.8 Å². The largest absolute Gasteiger partial charge is 0.454 e. The van der Waals surface area contributed by atoms with E-state index in [4.69, 9.17) is 9.47 Å². The van der Waals surface area contributed by atoms with E-state index < -0.39 is 6.03 Å². The van der Waals surface area contributed by atoms with E-state index in [1.807, 2.05) is 48.5 Å². The van der Waals surface area contributed by atoms with Crippen LogP contribution in [0.3, 0.4) is 0 Å². The van der Waals surface area contributed by atoms with Crippen LogP contribution in [-0.2, 0) is 0 Å². The highest BCUT2D eigenvalue weighted by molar-refractivity contribution is 5.99. The number of anilines is 4. The van der Waals surface area contributed by atoms with Crippen molar-refractivity contribution >= 4 is 29.0 Å². The lowest BCUT2D eigenvalue weighted by atomic mass is 10.1. The van der Waals surface area contributed by atoms with Gasteiger partial charge < -0.3 is 20.1 Å². The van der Waals surface area contributed by atoms with E-state index in [1.54, 1.807) is 36.7 Å². The summed E-state index contributed by atoms with van der Waals surface area (Å²) in [7, 11) is 0. The number of pyridine rings is 2. The number of fused-ring (bicyclic) bond motifs is 1. The predicted molar refractivity (Wildman–Crippen MR) is 122 cm³/mol. The lowest BCUT2D eigenvalue weighted by molar-refractivity contribution is 0.174. The van der Waals surface area contributed by atoms with Gasteiger partial charge in [-0.15, -0.1) is 0 Å². The fourth-order valence-electron chi connectivity index (χ4n) is 3.28. The molecule has 2 aromatic heterocycles. The first-order valence-corrected chi connectivity index (χ1v) is 9.95. The minimum Gasteiger partial charge on any atom is -0.454 e. The summed E-state index contributed by atoms with van der Waals surface area (Å²) in [5, 5.41) is 8.81. The summed E-state index contributed by atoms with van der Waals surface area (Å²) < 4.78 is 10.6. The lowest BCUT2D eigenvalue weighted by Crippen LogP contribution is -2.20. The molecule has 3 heterocycles. The average molecular weight is 425 g/mol. The summed E-state index contributed by atoms with van der Waals surface area (Å²) in [6.45, 7) is 0.180. The van der Waals surface area contributed by atoms with Crippen LogP contribution >= 0.6 is 0 Å². The standard InChI is InChI=1S/C24H19N5O3/c30-24(28-19-6-7-20-21(14-19)32-15-31-20)29-23-13-17(9-11-26-23)16-8-10-25-22(12-16)27-18-4-2-1-3-5-18/h1-14H,15H2,(H,25,27)(H2,26,28,29,30). The number of aromatic nitrogens is 2. The molecule has 1 aliphatic heterocycles. The van der Waals surface area contributed by atoms with E-state index in [-0.39, 0.29) is 6.79 Å². The maximum atomic E-state index is 12.4. The van der Waals surface area contributed by atoms with Crippen LogP contribution < -0.4 is 25.4 Å². The summed E-state index contributed by atoms with van der Waals surface area (Å²) >= 11 is 0. The first-order chi connectivity index (χ1) is 15.7. The van der Waals surface area contributed by atoms with Crippen LogP contribution in [0.5, 0.6) is 11.5 Å². The van der Waals surface area contributed by atoms with E-state index >= 15 is 0 Å². The predicted octanol–water partition coefficient (Wildman–Crippen LogP) is 5.26. The Balaban J connectivity index is 1.28. The van der Waals surface area contributed by atoms with E-state index in [1.165, 1.54) is 0 Å². The van der Waals surface area contributed by atoms with Gasteiger partial charge in [-0.2, -0.15) is 0 Å². The third-order valence-corrected chi connectivity index (χ3v) is 4.77. The Morgan fingerprint density at radius 2 is 1.44 bits per heavy atom. The number of carbonyl (C=O) groups excluding carboxylic acids is 1. The van der Waals surface area contributed by atoms with Crippen LogP contribution in [0.25, 0.3) is 11.1 Å². The molecule has 32 heavy (non-hydrogen) atoms. The highest BCUT2D eigenvalue weighted by Gasteiger charge is 2.14. The van der Waals surface area contributed by atoms with Gasteiger partial charge in [-0.1, -0.05) is 18.2 Å². The fourth-order valence-corrected chi connectivity index (χ4v) is 3.28. The molecule has 1 aliphatic rings. The molecular weight excluding hydrogens is 406 g/mol. The Morgan fingerprint density at radius 1 is 0.719 bits per heavy atom. The van der Waals surface area contributed by atoms with Crippen LogP contribution in [0.1, 0.15) is 0 Å². The highest BCUT2D eigenvalue weighted by atomic mass is 16.7. The molecule has 3 N–H and O–H groups in total. The monoisotopic (exact) mass is 425 g/mol. The zero-order valence-corrected chi connectivity index (χ0v) is 16.9. The molecule has 0 unspecified atom stereocenters. The molecule has 0 saturated carbocycles. The van der Waals surface area contributed by atoms with Gasteiger partial charge in [-0.25, -0.2) is 14.8 Å². The quantitative estimate of drug-likeness (QED) is 0.404. The van der Waals surface area contributed by atoms with Crippen molar-refractivity contribution in [3.05, 3.63) is 85.2 Å². The zero-order valence-electron chi connectivity index (χ0n) is 16.9. The maximum absolute atomic E-state index is 12.4. The second kappa shape index (κ2) is 8.65. The lowest BCUT2D eigenvalue weighted by Gasteiger charge is -2.10. The van der Waals surface area contributed by atoms with Gasteiger partial charge in [0.1, 0.15) is 11.6 Å². The molecule has 2 aromatic carbocycles. The van der Waals surface area contributed by atoms with Gasteiger partial charge in [-0.05, 0) is 59.7 Å². The molecule has 8 nitrogen and oxygen atoms in total. The van der Waals surface area contributed by atoms with Crippen molar-refractivity contribution in [2.45, 2.75) is 0 Å². The molecule has 0 bridgehead atoms. The molecule has 4 aromatic rings. The third-order valence-electron chi connectivity index (χ3n) is 4.77. The van der Waals surface area contributed by atoms with Crippen LogP contribution in [0, 0.1) is 0 Å². The van der Waals surface area contributed by atoms with Gasteiger partial charge in [-0.3, -0.25) is 5.32 Å². The number of hydrogen-bond acceptors (Lipinski definition) is 6. The van der Waals surface area contributed by atoms with Gasteiger partial charge in [0.15, 0.2) is 11.5 Å². The Hall–Kier alpha value is -4.59. The minimum atomic E-state index is -0.408. The first kappa shape index (κ1) is 19.4. The number of benzene rings is 2. The van der Waals surface area contributed by atoms with Crippen molar-refractivity contribution in [3.63, 3.8) is 0 Å². The number of ether oxygens (including phenoxy) is 2. The number of amides is 2. The SMILES string of the molecule is O=C(Nc1ccc2c(c1)OCO2)Nc1cc(-c2ccnc(Nc3ccccc3)c2)ccn1. The summed E-state index contributed by atoms with van der Waals surface area (Å²) in [5.74, 6) is 2.40. The number of hydrogen-bond donors (Lipinski definition) is 3. The van der Waals surface area contributed by atoms with Crippen molar-refractivity contribution in [1.29, 1.82) is 0 Å². The van der Waals surface area contributed by atoms with Gasteiger partial charge in [0.2, 0.25) is 6.79 Å². The highest BCUT2D eigenvalue weighted by Crippen LogP contribution is 2.34. The van der Waals surface area contributed by atoms with E-state index in [9.17, 15) is 4.79 Å². The maximum Gasteiger partial charge on any atom is 0.324 e. The topological polar surface area (TPSA) is 97.4 Å². The molecule has 5 rings (SSSR count). The van der Waals surface area contributed by atoms with Gasteiger partial charge in [0.05, 0.1) is 0 Å². The minimum absolute atomic E-state index is 0.180. The molecule has 0 aliphatic carbocycles. The smallest absolute Gasteiger partial charge is 0.324 e. The molecule has 0 fully saturated rings. The number of nitrogens with zero attached hydrogens (tertiary/aromatic N) is 2. The van der Waals surface area contributed by atoms with Gasteiger partial charge >= 0.3 is 6.03 Å². The van der Waals surface area contributed by atoms with E-state index in [0.29, 0.717) is 23.0 Å². The summed E-state index contributed by atoms with van der Waals surface area (Å²) in [4.78, 5) is 21.1. The molecule has 0 saturated heterocycles. The van der Waals surface area contributed by atoms with Crippen molar-refractivity contribution < 1.29 is 14.3 Å². The van der Waals surface area contributed by atoms with Crippen LogP contribution in [0.4, 0.5) is 27.8 Å². The fraction of sp³-hybridized carbons (Fsp3) is 0.0417. The molecule has 158 valence electrons. The number of para-hydroxylation sites is 1. The molecule has 0 radical (unpaired) electrons. The number of nitrogens with one attached hydrogen (secondary N) is 3. The first-order valence-electron chi connectivity index (χ1n) is 9.95. The second-order valence-electron chi connectivity index (χ2n) is 7.00. The van der Waals surface area contributed by atoms with Crippen molar-refractivity contribution in [1.82, 2.24) is 9.97 Å². The Kier molecular flexibility index (Phi) is 5.24. The van der Waals surface area contributed by atoms with Crippen molar-refractivity contribution in [2.24, 2.45) is 0 Å². The van der Waals surface area contributed by atoms with Crippen molar-refractivity contribution in [3.8, 4) is 22.6 Å². The zero-order chi connectivity index (χ0) is 21.8. The number of rotatable bonds is 5. The Labute approximate surface area is 184 Å². The Morgan fingerprint density at radius 3 is 2.25 bits per heavy atom. The summed E-state index contributed by atoms with van der Waals surface area (Å²) in [6, 6.07) is 22.2. The summed E-state index contributed by atoms with van der Waals surface area (Å²) in [5.41, 5.74) is 3.39. The molecule has 8 heteroatoms. The third kappa shape index (κ3) is 4.44. The molecule has 0 atom stereocenters. The normalized spacial score (nSPS) is 11.6. The Bertz CT molecular complexity index is 1260. The van der Waals surface area contributed by atoms with Gasteiger partial charge in [0, 0.05) is 29.8 Å². The number of urea groups is 1. The van der Waals surface area contributed by atoms with Crippen LogP contribution in [0.2, 0.25) is 0 Å².